The van der Waals surface area contributed by atoms with Crippen LogP contribution in [0.5, 0.6) is 0 Å². The van der Waals surface area contributed by atoms with E-state index in [4.69, 9.17) is 0 Å². The van der Waals surface area contributed by atoms with E-state index in [0.717, 1.165) is 22.6 Å². The lowest BCUT2D eigenvalue weighted by Crippen LogP contribution is -2.38. The van der Waals surface area contributed by atoms with E-state index in [1.54, 1.807) is 23.2 Å². The highest BCUT2D eigenvalue weighted by Gasteiger charge is 2.31. The Kier molecular flexibility index (Phi) is 7.12. The largest absolute Gasteiger partial charge is 0.350 e. The van der Waals surface area contributed by atoms with Crippen molar-refractivity contribution in [3.8, 4) is 0 Å². The maximum Gasteiger partial charge on any atom is 0.262 e. The van der Waals surface area contributed by atoms with Crippen LogP contribution in [0.3, 0.4) is 0 Å². The summed E-state index contributed by atoms with van der Waals surface area (Å²) in [4.78, 5) is 13.4. The van der Waals surface area contributed by atoms with Crippen molar-refractivity contribution in [3.63, 3.8) is 0 Å². The van der Waals surface area contributed by atoms with Gasteiger partial charge in [-0.15, -0.1) is 11.3 Å². The van der Waals surface area contributed by atoms with Crippen LogP contribution in [-0.2, 0) is 10.0 Å². The SMILES string of the molecule is O=C(NCC(c1ccccc1)c1ccccc1)c1sccc1S(=O)(=O)N1CCSCC1. The van der Waals surface area contributed by atoms with E-state index in [1.807, 2.05) is 60.7 Å². The number of amides is 1. The second-order valence-electron chi connectivity index (χ2n) is 7.21. The fraction of sp³-hybridized carbons (Fsp3) is 0.261. The quantitative estimate of drug-likeness (QED) is 0.563. The highest BCUT2D eigenvalue weighted by molar-refractivity contribution is 7.99. The maximum atomic E-state index is 13.1. The second kappa shape index (κ2) is 9.99. The molecule has 1 aliphatic rings. The van der Waals surface area contributed by atoms with Gasteiger partial charge in [-0.2, -0.15) is 16.1 Å². The molecule has 4 rings (SSSR count). The van der Waals surface area contributed by atoms with E-state index >= 15 is 0 Å². The fourth-order valence-electron chi connectivity index (χ4n) is 3.67. The van der Waals surface area contributed by atoms with Crippen LogP contribution in [0.25, 0.3) is 0 Å². The fourth-order valence-corrected chi connectivity index (χ4v) is 7.56. The zero-order valence-electron chi connectivity index (χ0n) is 16.9. The number of nitrogens with one attached hydrogen (secondary N) is 1. The predicted molar refractivity (Wildman–Crippen MR) is 127 cm³/mol. The molecule has 2 aromatic carbocycles. The lowest BCUT2D eigenvalue weighted by molar-refractivity contribution is 0.0953. The highest BCUT2D eigenvalue weighted by Crippen LogP contribution is 2.28. The third-order valence-electron chi connectivity index (χ3n) is 5.29. The Balaban J connectivity index is 1.54. The van der Waals surface area contributed by atoms with Gasteiger partial charge in [0.1, 0.15) is 9.77 Å². The summed E-state index contributed by atoms with van der Waals surface area (Å²) in [6.45, 7) is 1.34. The van der Waals surface area contributed by atoms with Gasteiger partial charge in [-0.05, 0) is 22.6 Å². The van der Waals surface area contributed by atoms with Crippen molar-refractivity contribution in [1.82, 2.24) is 9.62 Å². The van der Waals surface area contributed by atoms with Crippen molar-refractivity contribution in [3.05, 3.63) is 88.1 Å². The summed E-state index contributed by atoms with van der Waals surface area (Å²) in [5.41, 5.74) is 2.19. The van der Waals surface area contributed by atoms with Crippen LogP contribution in [0.1, 0.15) is 26.7 Å². The van der Waals surface area contributed by atoms with E-state index in [9.17, 15) is 13.2 Å². The first-order valence-corrected chi connectivity index (χ1v) is 13.6. The average molecular weight is 473 g/mol. The minimum Gasteiger partial charge on any atom is -0.350 e. The minimum absolute atomic E-state index is 0.0227. The lowest BCUT2D eigenvalue weighted by atomic mass is 9.91. The van der Waals surface area contributed by atoms with Crippen LogP contribution < -0.4 is 5.32 Å². The van der Waals surface area contributed by atoms with Crippen LogP contribution in [0.2, 0.25) is 0 Å². The molecule has 8 heteroatoms. The van der Waals surface area contributed by atoms with Crippen LogP contribution >= 0.6 is 23.1 Å². The molecule has 1 saturated heterocycles. The van der Waals surface area contributed by atoms with Crippen molar-refractivity contribution in [2.75, 3.05) is 31.1 Å². The molecule has 31 heavy (non-hydrogen) atoms. The van der Waals surface area contributed by atoms with Crippen molar-refractivity contribution in [2.24, 2.45) is 0 Å². The number of nitrogens with zero attached hydrogens (tertiary/aromatic N) is 1. The van der Waals surface area contributed by atoms with Crippen LogP contribution in [0.15, 0.2) is 77.0 Å². The normalized spacial score (nSPS) is 15.1. The Bertz CT molecular complexity index is 1070. The van der Waals surface area contributed by atoms with Crippen LogP contribution in [-0.4, -0.2) is 49.8 Å². The molecule has 1 aromatic heterocycles. The van der Waals surface area contributed by atoms with Gasteiger partial charge in [-0.1, -0.05) is 60.7 Å². The van der Waals surface area contributed by atoms with Gasteiger partial charge in [0, 0.05) is 37.1 Å². The number of benzene rings is 2. The monoisotopic (exact) mass is 472 g/mol. The molecule has 3 aromatic rings. The molecular formula is C23H24N2O3S3. The van der Waals surface area contributed by atoms with Gasteiger partial charge in [0.25, 0.3) is 5.91 Å². The molecule has 0 saturated carbocycles. The lowest BCUT2D eigenvalue weighted by Gasteiger charge is -2.25. The molecule has 0 unspecified atom stereocenters. The molecule has 0 aliphatic carbocycles. The molecule has 1 amide bonds. The molecule has 0 bridgehead atoms. The zero-order chi connectivity index (χ0) is 21.7. The van der Waals surface area contributed by atoms with E-state index in [1.165, 1.54) is 15.6 Å². The molecule has 162 valence electrons. The third-order valence-corrected chi connectivity index (χ3v) is 9.22. The Morgan fingerprint density at radius 1 is 0.935 bits per heavy atom. The van der Waals surface area contributed by atoms with Gasteiger partial charge in [0.15, 0.2) is 0 Å². The van der Waals surface area contributed by atoms with Gasteiger partial charge in [0.05, 0.1) is 0 Å². The predicted octanol–water partition coefficient (Wildman–Crippen LogP) is 4.05. The van der Waals surface area contributed by atoms with E-state index in [2.05, 4.69) is 5.32 Å². The highest BCUT2D eigenvalue weighted by atomic mass is 32.2. The standard InChI is InChI=1S/C23H24N2O3S3/c26-23(22-21(11-14-30-22)31(27,28)25-12-15-29-16-13-25)24-17-20(18-7-3-1-4-8-18)19-9-5-2-6-10-19/h1-11,14,20H,12-13,15-17H2,(H,24,26). The smallest absolute Gasteiger partial charge is 0.262 e. The molecule has 1 fully saturated rings. The third kappa shape index (κ3) is 5.03. The van der Waals surface area contributed by atoms with Gasteiger partial charge < -0.3 is 5.32 Å². The maximum absolute atomic E-state index is 13.1. The number of rotatable bonds is 7. The molecule has 2 heterocycles. The molecule has 0 atom stereocenters. The zero-order valence-corrected chi connectivity index (χ0v) is 19.4. The first-order chi connectivity index (χ1) is 15.1. The number of hydrogen-bond acceptors (Lipinski definition) is 5. The van der Waals surface area contributed by atoms with E-state index in [0.29, 0.717) is 19.6 Å². The Hall–Kier alpha value is -2.13. The number of sulfonamides is 1. The summed E-state index contributed by atoms with van der Waals surface area (Å²) in [6.07, 6.45) is 0. The Morgan fingerprint density at radius 2 is 1.52 bits per heavy atom. The second-order valence-corrected chi connectivity index (χ2v) is 11.3. The minimum atomic E-state index is -3.67. The van der Waals surface area contributed by atoms with Gasteiger partial charge >= 0.3 is 0 Å². The van der Waals surface area contributed by atoms with Crippen LogP contribution in [0, 0.1) is 0 Å². The molecule has 1 aliphatic heterocycles. The summed E-state index contributed by atoms with van der Waals surface area (Å²) < 4.78 is 27.7. The summed E-state index contributed by atoms with van der Waals surface area (Å²) in [5, 5.41) is 4.65. The molecular weight excluding hydrogens is 448 g/mol. The number of carbonyl (C=O) groups excluding carboxylic acids is 1. The first-order valence-electron chi connectivity index (χ1n) is 10.1. The summed E-state index contributed by atoms with van der Waals surface area (Å²) in [6, 6.07) is 21.6. The van der Waals surface area contributed by atoms with Crippen molar-refractivity contribution in [2.45, 2.75) is 10.8 Å². The van der Waals surface area contributed by atoms with Crippen molar-refractivity contribution < 1.29 is 13.2 Å². The number of thiophene rings is 1. The Morgan fingerprint density at radius 3 is 2.10 bits per heavy atom. The first kappa shape index (κ1) is 22.1. The number of hydrogen-bond donors (Lipinski definition) is 1. The van der Waals surface area contributed by atoms with E-state index in [-0.39, 0.29) is 21.6 Å². The Labute approximate surface area is 191 Å². The molecule has 0 radical (unpaired) electrons. The summed E-state index contributed by atoms with van der Waals surface area (Å²) in [7, 11) is -3.67. The molecule has 0 spiro atoms. The van der Waals surface area contributed by atoms with Gasteiger partial charge in [0.2, 0.25) is 10.0 Å². The average Bonchev–Trinajstić information content (AvgIpc) is 3.32. The molecule has 5 nitrogen and oxygen atoms in total. The van der Waals surface area contributed by atoms with E-state index < -0.39 is 10.0 Å². The topological polar surface area (TPSA) is 66.5 Å². The van der Waals surface area contributed by atoms with Crippen molar-refractivity contribution in [1.29, 1.82) is 0 Å². The van der Waals surface area contributed by atoms with Gasteiger partial charge in [-0.3, -0.25) is 4.79 Å². The molecule has 1 N–H and O–H groups in total. The number of thioether (sulfide) groups is 1. The summed E-state index contributed by atoms with van der Waals surface area (Å²) in [5.74, 6) is 1.18. The summed E-state index contributed by atoms with van der Waals surface area (Å²) >= 11 is 2.92. The van der Waals surface area contributed by atoms with Crippen molar-refractivity contribution >= 4 is 39.0 Å². The van der Waals surface area contributed by atoms with Gasteiger partial charge in [-0.25, -0.2) is 8.42 Å². The van der Waals surface area contributed by atoms with Crippen LogP contribution in [0.4, 0.5) is 0 Å². The number of carbonyl (C=O) groups is 1.